The first-order valence-corrected chi connectivity index (χ1v) is 12.4. The fourth-order valence-electron chi connectivity index (χ4n) is 4.45. The van der Waals surface area contributed by atoms with Gasteiger partial charge < -0.3 is 35.2 Å². The number of carbonyl (C=O) groups is 1. The average molecular weight is 544 g/mol. The molecule has 196 valence electrons. The van der Waals surface area contributed by atoms with E-state index < -0.39 is 17.6 Å². The highest BCUT2D eigenvalue weighted by molar-refractivity contribution is 6.32. The fourth-order valence-corrected chi connectivity index (χ4v) is 4.70. The number of hydrogen-bond donors (Lipinski definition) is 5. The molecular formula is C28H22ClN5O5. The van der Waals surface area contributed by atoms with Gasteiger partial charge in [-0.05, 0) is 35.4 Å². The molecule has 1 unspecified atom stereocenters. The minimum atomic E-state index is -0.639. The maximum absolute atomic E-state index is 13.0. The van der Waals surface area contributed by atoms with Gasteiger partial charge in [0, 0.05) is 23.6 Å². The second-order valence-electron chi connectivity index (χ2n) is 8.92. The molecule has 0 bridgehead atoms. The van der Waals surface area contributed by atoms with Crippen molar-refractivity contribution in [2.75, 3.05) is 6.79 Å². The van der Waals surface area contributed by atoms with E-state index in [2.05, 4.69) is 20.6 Å². The van der Waals surface area contributed by atoms with Crippen LogP contribution in [0.15, 0.2) is 77.6 Å². The topological polar surface area (TPSA) is 141 Å². The molecule has 39 heavy (non-hydrogen) atoms. The Labute approximate surface area is 226 Å². The lowest BCUT2D eigenvalue weighted by Crippen LogP contribution is -2.38. The zero-order valence-corrected chi connectivity index (χ0v) is 21.1. The van der Waals surface area contributed by atoms with Crippen LogP contribution in [-0.2, 0) is 6.54 Å². The number of aromatic hydroxyl groups is 1. The molecule has 11 heteroatoms. The maximum atomic E-state index is 13.0. The van der Waals surface area contributed by atoms with Gasteiger partial charge in [0.05, 0.1) is 5.52 Å². The van der Waals surface area contributed by atoms with Gasteiger partial charge in [0.15, 0.2) is 11.5 Å². The van der Waals surface area contributed by atoms with Crippen molar-refractivity contribution >= 4 is 28.5 Å². The van der Waals surface area contributed by atoms with Gasteiger partial charge in [0.25, 0.3) is 5.56 Å². The summed E-state index contributed by atoms with van der Waals surface area (Å²) in [6.45, 7) is 0.454. The molecule has 1 atom stereocenters. The Hall–Kier alpha value is -4.96. The van der Waals surface area contributed by atoms with Crippen LogP contribution in [0, 0.1) is 0 Å². The number of aromatic amines is 2. The number of hydrogen-bond acceptors (Lipinski definition) is 6. The highest BCUT2D eigenvalue weighted by atomic mass is 35.5. The van der Waals surface area contributed by atoms with Gasteiger partial charge in [-0.15, -0.1) is 0 Å². The normalized spacial score (nSPS) is 12.8. The van der Waals surface area contributed by atoms with Gasteiger partial charge in [-0.2, -0.15) is 0 Å². The van der Waals surface area contributed by atoms with Gasteiger partial charge >= 0.3 is 6.03 Å². The predicted molar refractivity (Wildman–Crippen MR) is 145 cm³/mol. The zero-order chi connectivity index (χ0) is 26.9. The highest BCUT2D eigenvalue weighted by Gasteiger charge is 2.23. The Kier molecular flexibility index (Phi) is 6.29. The minimum Gasteiger partial charge on any atom is -0.507 e. The molecule has 0 radical (unpaired) electrons. The molecule has 3 heterocycles. The van der Waals surface area contributed by atoms with Crippen molar-refractivity contribution in [2.24, 2.45) is 0 Å². The zero-order valence-electron chi connectivity index (χ0n) is 20.3. The minimum absolute atomic E-state index is 0.148. The predicted octanol–water partition coefficient (Wildman–Crippen LogP) is 4.59. The summed E-state index contributed by atoms with van der Waals surface area (Å²) in [5.74, 6) is 1.59. The SMILES string of the molecule is O=C(NCc1ccc2c(c1)OCO2)NC(c1ccccc1)c1nc(-c2ccc3[nH]c(=O)cc(O)c3c2)c(Cl)[nH]1. The third-order valence-corrected chi connectivity index (χ3v) is 6.62. The molecule has 5 N–H and O–H groups in total. The summed E-state index contributed by atoms with van der Waals surface area (Å²) >= 11 is 6.56. The average Bonchev–Trinajstić information content (AvgIpc) is 3.57. The molecule has 1 aliphatic heterocycles. The first-order valence-electron chi connectivity index (χ1n) is 12.0. The molecule has 0 saturated heterocycles. The third-order valence-electron chi connectivity index (χ3n) is 6.34. The summed E-state index contributed by atoms with van der Waals surface area (Å²) in [7, 11) is 0. The number of imidazole rings is 1. The van der Waals surface area contributed by atoms with Crippen LogP contribution in [-0.4, -0.2) is 32.9 Å². The summed E-state index contributed by atoms with van der Waals surface area (Å²) < 4.78 is 10.7. The van der Waals surface area contributed by atoms with E-state index in [0.29, 0.717) is 39.5 Å². The number of benzene rings is 3. The van der Waals surface area contributed by atoms with Gasteiger partial charge in [-0.3, -0.25) is 4.79 Å². The van der Waals surface area contributed by atoms with Crippen LogP contribution in [0.1, 0.15) is 23.0 Å². The Morgan fingerprint density at radius 1 is 1.03 bits per heavy atom. The molecule has 2 aromatic heterocycles. The number of urea groups is 1. The number of nitrogens with one attached hydrogen (secondary N) is 4. The van der Waals surface area contributed by atoms with Crippen molar-refractivity contribution in [1.29, 1.82) is 0 Å². The molecule has 5 aromatic rings. The van der Waals surface area contributed by atoms with Crippen LogP contribution in [0.5, 0.6) is 17.2 Å². The van der Waals surface area contributed by atoms with Gasteiger partial charge in [0.1, 0.15) is 28.5 Å². The standard InChI is InChI=1S/C28H22ClN5O5/c29-26-24(17-7-8-19-18(11-17)20(35)12-23(36)31-19)32-27(34-26)25(16-4-2-1-3-5-16)33-28(37)30-13-15-6-9-21-22(10-15)39-14-38-21/h1-12,25H,13-14H2,(H,32,34)(H2,30,33,37)(H2,31,35,36). The fraction of sp³-hybridized carbons (Fsp3) is 0.107. The lowest BCUT2D eigenvalue weighted by molar-refractivity contribution is 0.174. The molecule has 0 saturated carbocycles. The number of carbonyl (C=O) groups excluding carboxylic acids is 1. The first-order chi connectivity index (χ1) is 18.9. The van der Waals surface area contributed by atoms with Crippen molar-refractivity contribution in [3.05, 3.63) is 105 Å². The lowest BCUT2D eigenvalue weighted by atomic mass is 10.1. The monoisotopic (exact) mass is 543 g/mol. The number of fused-ring (bicyclic) bond motifs is 2. The van der Waals surface area contributed by atoms with Crippen LogP contribution < -0.4 is 25.7 Å². The number of halogens is 1. The van der Waals surface area contributed by atoms with Crippen LogP contribution in [0.2, 0.25) is 5.15 Å². The van der Waals surface area contributed by atoms with Crippen molar-refractivity contribution in [1.82, 2.24) is 25.6 Å². The van der Waals surface area contributed by atoms with Crippen molar-refractivity contribution in [3.8, 4) is 28.5 Å². The van der Waals surface area contributed by atoms with E-state index in [1.807, 2.05) is 42.5 Å². The summed E-state index contributed by atoms with van der Waals surface area (Å²) in [4.78, 5) is 35.1. The van der Waals surface area contributed by atoms with Gasteiger partial charge in [-0.1, -0.05) is 54.1 Å². The summed E-state index contributed by atoms with van der Waals surface area (Å²) in [5, 5.41) is 16.8. The van der Waals surface area contributed by atoms with Crippen molar-refractivity contribution < 1.29 is 19.4 Å². The van der Waals surface area contributed by atoms with E-state index in [1.165, 1.54) is 0 Å². The number of rotatable bonds is 6. The van der Waals surface area contributed by atoms with E-state index >= 15 is 0 Å². The number of aromatic nitrogens is 3. The number of ether oxygens (including phenoxy) is 2. The summed E-state index contributed by atoms with van der Waals surface area (Å²) in [5.41, 5.74) is 2.79. The first kappa shape index (κ1) is 24.4. The second-order valence-corrected chi connectivity index (χ2v) is 9.30. The van der Waals surface area contributed by atoms with Crippen LogP contribution in [0.4, 0.5) is 4.79 Å². The quantitative estimate of drug-likeness (QED) is 0.212. The smallest absolute Gasteiger partial charge is 0.315 e. The molecule has 6 rings (SSSR count). The van der Waals surface area contributed by atoms with Crippen molar-refractivity contribution in [3.63, 3.8) is 0 Å². The van der Waals surface area contributed by atoms with E-state index in [-0.39, 0.29) is 24.2 Å². The van der Waals surface area contributed by atoms with Gasteiger partial charge in [0.2, 0.25) is 6.79 Å². The number of nitrogens with zero attached hydrogens (tertiary/aromatic N) is 1. The molecule has 2 amide bonds. The largest absolute Gasteiger partial charge is 0.507 e. The second kappa shape index (κ2) is 10.1. The number of H-pyrrole nitrogens is 2. The van der Waals surface area contributed by atoms with Crippen LogP contribution >= 0.6 is 11.6 Å². The molecule has 0 fully saturated rings. The summed E-state index contributed by atoms with van der Waals surface area (Å²) in [6, 6.07) is 20.0. The highest BCUT2D eigenvalue weighted by Crippen LogP contribution is 2.34. The Balaban J connectivity index is 1.26. The van der Waals surface area contributed by atoms with E-state index in [4.69, 9.17) is 26.1 Å². The Morgan fingerprint density at radius 2 is 1.85 bits per heavy atom. The van der Waals surface area contributed by atoms with Crippen molar-refractivity contribution in [2.45, 2.75) is 12.6 Å². The van der Waals surface area contributed by atoms with E-state index in [9.17, 15) is 14.7 Å². The molecule has 0 aliphatic carbocycles. The molecular weight excluding hydrogens is 522 g/mol. The maximum Gasteiger partial charge on any atom is 0.315 e. The van der Waals surface area contributed by atoms with E-state index in [1.54, 1.807) is 24.3 Å². The van der Waals surface area contributed by atoms with Crippen LogP contribution in [0.25, 0.3) is 22.2 Å². The summed E-state index contributed by atoms with van der Waals surface area (Å²) in [6.07, 6.45) is 0. The Morgan fingerprint density at radius 3 is 2.69 bits per heavy atom. The molecule has 0 spiro atoms. The molecule has 1 aliphatic rings. The molecule has 10 nitrogen and oxygen atoms in total. The number of amides is 2. The third kappa shape index (κ3) is 4.97. The number of pyridine rings is 1. The van der Waals surface area contributed by atoms with Gasteiger partial charge in [-0.25, -0.2) is 9.78 Å². The lowest BCUT2D eigenvalue weighted by Gasteiger charge is -2.18. The van der Waals surface area contributed by atoms with Crippen LogP contribution in [0.3, 0.4) is 0 Å². The van der Waals surface area contributed by atoms with E-state index in [0.717, 1.165) is 17.2 Å². The Bertz CT molecular complexity index is 1750. The molecule has 3 aromatic carbocycles.